The van der Waals surface area contributed by atoms with Crippen molar-refractivity contribution in [1.29, 1.82) is 0 Å². The summed E-state index contributed by atoms with van der Waals surface area (Å²) < 4.78 is 5.31. The van der Waals surface area contributed by atoms with Crippen molar-refractivity contribution in [3.63, 3.8) is 0 Å². The fraction of sp³-hybridized carbons (Fsp3) is 0.706. The van der Waals surface area contributed by atoms with Gasteiger partial charge in [-0.3, -0.25) is 4.79 Å². The van der Waals surface area contributed by atoms with Crippen LogP contribution in [0.4, 0.5) is 0 Å². The Labute approximate surface area is 131 Å². The number of amides is 1. The topological polar surface area (TPSA) is 59.2 Å². The van der Waals surface area contributed by atoms with Gasteiger partial charge in [0.25, 0.3) is 0 Å². The van der Waals surface area contributed by atoms with Crippen molar-refractivity contribution in [3.05, 3.63) is 23.9 Å². The number of carbonyl (C=O) groups is 1. The molecule has 1 fully saturated rings. The van der Waals surface area contributed by atoms with E-state index in [4.69, 9.17) is 4.52 Å². The smallest absolute Gasteiger partial charge is 0.229 e. The van der Waals surface area contributed by atoms with Gasteiger partial charge in [0, 0.05) is 31.3 Å². The Balaban J connectivity index is 1.60. The molecule has 1 aromatic heterocycles. The Morgan fingerprint density at radius 1 is 1.45 bits per heavy atom. The van der Waals surface area contributed by atoms with Crippen molar-refractivity contribution in [2.75, 3.05) is 13.1 Å². The van der Waals surface area contributed by atoms with Crippen LogP contribution >= 0.6 is 0 Å². The van der Waals surface area contributed by atoms with E-state index in [0.29, 0.717) is 18.2 Å². The highest BCUT2D eigenvalue weighted by Gasteiger charge is 2.29. The van der Waals surface area contributed by atoms with Gasteiger partial charge >= 0.3 is 0 Å². The lowest BCUT2D eigenvalue weighted by atomic mass is 9.96. The van der Waals surface area contributed by atoms with E-state index in [1.807, 2.05) is 18.7 Å². The van der Waals surface area contributed by atoms with Crippen molar-refractivity contribution in [2.45, 2.75) is 57.8 Å². The summed E-state index contributed by atoms with van der Waals surface area (Å²) in [6.45, 7) is 5.68. The summed E-state index contributed by atoms with van der Waals surface area (Å²) in [5.74, 6) is 2.63. The summed E-state index contributed by atoms with van der Waals surface area (Å²) in [4.78, 5) is 19.0. The molecule has 1 aliphatic carbocycles. The minimum Gasteiger partial charge on any atom is -0.342 e. The largest absolute Gasteiger partial charge is 0.342 e. The molecule has 5 heteroatoms. The molecule has 0 aromatic carbocycles. The maximum absolute atomic E-state index is 12.5. The van der Waals surface area contributed by atoms with Gasteiger partial charge in [-0.15, -0.1) is 0 Å². The molecule has 1 amide bonds. The third-order valence-corrected chi connectivity index (χ3v) is 4.64. The van der Waals surface area contributed by atoms with Crippen LogP contribution in [0.1, 0.15) is 69.5 Å². The number of carbonyl (C=O) groups excluding carboxylic acids is 1. The fourth-order valence-corrected chi connectivity index (χ4v) is 3.28. The van der Waals surface area contributed by atoms with Crippen LogP contribution < -0.4 is 0 Å². The van der Waals surface area contributed by atoms with Gasteiger partial charge in [-0.05, 0) is 31.6 Å². The Kier molecular flexibility index (Phi) is 4.60. The van der Waals surface area contributed by atoms with Crippen molar-refractivity contribution in [2.24, 2.45) is 5.92 Å². The summed E-state index contributed by atoms with van der Waals surface area (Å²) in [7, 11) is 0. The number of hydrogen-bond donors (Lipinski definition) is 0. The van der Waals surface area contributed by atoms with Gasteiger partial charge in [0.05, 0.1) is 0 Å². The molecule has 0 spiro atoms. The predicted molar refractivity (Wildman–Crippen MR) is 83.4 cm³/mol. The highest BCUT2D eigenvalue weighted by molar-refractivity contribution is 5.77. The molecule has 0 unspecified atom stereocenters. The third-order valence-electron chi connectivity index (χ3n) is 4.64. The zero-order chi connectivity index (χ0) is 15.5. The molecular weight excluding hydrogens is 278 g/mol. The molecule has 0 bridgehead atoms. The minimum atomic E-state index is 0.216. The Morgan fingerprint density at radius 3 is 3.00 bits per heavy atom. The third kappa shape index (κ3) is 3.39. The molecule has 2 aliphatic rings. The summed E-state index contributed by atoms with van der Waals surface area (Å²) in [5.41, 5.74) is 0. The highest BCUT2D eigenvalue weighted by atomic mass is 16.5. The van der Waals surface area contributed by atoms with Gasteiger partial charge in [-0.2, -0.15) is 4.98 Å². The molecule has 1 saturated heterocycles. The number of likely N-dealkylation sites (tertiary alicyclic amines) is 1. The first kappa shape index (κ1) is 15.3. The number of nitrogens with zero attached hydrogens (tertiary/aromatic N) is 3. The SMILES string of the molecule is CC(C)c1nc([C@@H]2CCCN(C(=O)C[C@@H]3C=CCC3)C2)no1. The van der Waals surface area contributed by atoms with Crippen LogP contribution in [0.2, 0.25) is 0 Å². The number of allylic oxidation sites excluding steroid dienone is 2. The Bertz CT molecular complexity index is 550. The zero-order valence-electron chi connectivity index (χ0n) is 13.5. The zero-order valence-corrected chi connectivity index (χ0v) is 13.5. The van der Waals surface area contributed by atoms with Crippen LogP contribution in [0.15, 0.2) is 16.7 Å². The van der Waals surface area contributed by atoms with Crippen LogP contribution in [0.3, 0.4) is 0 Å². The minimum absolute atomic E-state index is 0.216. The lowest BCUT2D eigenvalue weighted by Crippen LogP contribution is -2.39. The second kappa shape index (κ2) is 6.63. The quantitative estimate of drug-likeness (QED) is 0.801. The molecular formula is C17H25N3O2. The van der Waals surface area contributed by atoms with E-state index in [0.717, 1.165) is 44.6 Å². The maximum atomic E-state index is 12.5. The van der Waals surface area contributed by atoms with Crippen LogP contribution in [0.25, 0.3) is 0 Å². The fourth-order valence-electron chi connectivity index (χ4n) is 3.28. The number of piperidine rings is 1. The molecule has 120 valence electrons. The lowest BCUT2D eigenvalue weighted by molar-refractivity contribution is -0.133. The predicted octanol–water partition coefficient (Wildman–Crippen LogP) is 3.26. The molecule has 1 aliphatic heterocycles. The van der Waals surface area contributed by atoms with E-state index in [1.165, 1.54) is 0 Å². The van der Waals surface area contributed by atoms with Crippen molar-refractivity contribution in [3.8, 4) is 0 Å². The van der Waals surface area contributed by atoms with Crippen LogP contribution in [0, 0.1) is 5.92 Å². The molecule has 1 aromatic rings. The van der Waals surface area contributed by atoms with E-state index in [1.54, 1.807) is 0 Å². The average molecular weight is 303 g/mol. The first-order valence-electron chi connectivity index (χ1n) is 8.41. The number of rotatable bonds is 4. The Morgan fingerprint density at radius 2 is 2.32 bits per heavy atom. The normalized spacial score (nSPS) is 25.1. The van der Waals surface area contributed by atoms with E-state index in [9.17, 15) is 4.79 Å². The second-order valence-electron chi connectivity index (χ2n) is 6.79. The van der Waals surface area contributed by atoms with Gasteiger partial charge in [-0.1, -0.05) is 31.2 Å². The molecule has 5 nitrogen and oxygen atoms in total. The lowest BCUT2D eigenvalue weighted by Gasteiger charge is -2.32. The van der Waals surface area contributed by atoms with E-state index in [2.05, 4.69) is 22.3 Å². The van der Waals surface area contributed by atoms with Gasteiger partial charge in [0.2, 0.25) is 11.8 Å². The molecule has 0 N–H and O–H groups in total. The maximum Gasteiger partial charge on any atom is 0.229 e. The van der Waals surface area contributed by atoms with E-state index < -0.39 is 0 Å². The van der Waals surface area contributed by atoms with E-state index >= 15 is 0 Å². The van der Waals surface area contributed by atoms with Crippen LogP contribution in [-0.2, 0) is 4.79 Å². The second-order valence-corrected chi connectivity index (χ2v) is 6.79. The number of aromatic nitrogens is 2. The molecule has 22 heavy (non-hydrogen) atoms. The number of hydrogen-bond acceptors (Lipinski definition) is 4. The van der Waals surface area contributed by atoms with Gasteiger partial charge in [0.1, 0.15) is 0 Å². The monoisotopic (exact) mass is 303 g/mol. The van der Waals surface area contributed by atoms with Gasteiger partial charge in [0.15, 0.2) is 5.82 Å². The summed E-state index contributed by atoms with van der Waals surface area (Å²) >= 11 is 0. The standard InChI is InChI=1S/C17H25N3O2/c1-12(2)17-18-16(19-22-17)14-8-5-9-20(11-14)15(21)10-13-6-3-4-7-13/h3,6,12-14H,4-5,7-11H2,1-2H3/t13-,14-/m1/s1. The first-order chi connectivity index (χ1) is 10.6. The summed E-state index contributed by atoms with van der Waals surface area (Å²) in [6.07, 6.45) is 9.30. The van der Waals surface area contributed by atoms with Crippen molar-refractivity contribution < 1.29 is 9.32 Å². The average Bonchev–Trinajstić information content (AvgIpc) is 3.18. The molecule has 3 rings (SSSR count). The highest BCUT2D eigenvalue weighted by Crippen LogP contribution is 2.28. The summed E-state index contributed by atoms with van der Waals surface area (Å²) in [6, 6.07) is 0. The van der Waals surface area contributed by atoms with Gasteiger partial charge < -0.3 is 9.42 Å². The molecule has 2 heterocycles. The van der Waals surface area contributed by atoms with Crippen molar-refractivity contribution >= 4 is 5.91 Å². The van der Waals surface area contributed by atoms with E-state index in [-0.39, 0.29) is 17.7 Å². The molecule has 0 saturated carbocycles. The molecule has 2 atom stereocenters. The van der Waals surface area contributed by atoms with Crippen LogP contribution in [-0.4, -0.2) is 34.0 Å². The Hall–Kier alpha value is -1.65. The van der Waals surface area contributed by atoms with Gasteiger partial charge in [-0.25, -0.2) is 0 Å². The van der Waals surface area contributed by atoms with Crippen LogP contribution in [0.5, 0.6) is 0 Å². The molecule has 0 radical (unpaired) electrons. The summed E-state index contributed by atoms with van der Waals surface area (Å²) in [5, 5.41) is 4.12. The van der Waals surface area contributed by atoms with Crippen molar-refractivity contribution in [1.82, 2.24) is 15.0 Å². The first-order valence-corrected chi connectivity index (χ1v) is 8.41.